The molecule has 2 aliphatic carbocycles. The Hall–Kier alpha value is -3.55. The maximum Gasteiger partial charge on any atom is 0.331 e. The summed E-state index contributed by atoms with van der Waals surface area (Å²) >= 11 is 0. The van der Waals surface area contributed by atoms with Gasteiger partial charge < -0.3 is 14.8 Å². The SMILES string of the molecule is CO/C1=C/CCC(n2c(=O)n(Cc3ccccc3)c3cnc(NC4CC4)nc32)/C(OC)=C\C1.[HH]. The minimum atomic E-state index is -0.264. The number of ether oxygens (including phenoxy) is 2. The molecule has 8 heteroatoms. The fraction of sp³-hybridized carbons (Fsp3) is 0.400. The van der Waals surface area contributed by atoms with Gasteiger partial charge in [0.2, 0.25) is 5.95 Å². The van der Waals surface area contributed by atoms with Crippen LogP contribution in [0.5, 0.6) is 0 Å². The van der Waals surface area contributed by atoms with E-state index in [2.05, 4.69) is 16.4 Å². The van der Waals surface area contributed by atoms with Crippen LogP contribution < -0.4 is 11.0 Å². The van der Waals surface area contributed by atoms with Crippen LogP contribution in [0.15, 0.2) is 65.0 Å². The van der Waals surface area contributed by atoms with Gasteiger partial charge in [0.1, 0.15) is 11.3 Å². The monoisotopic (exact) mass is 449 g/mol. The molecular weight excluding hydrogens is 418 g/mol. The predicted octanol–water partition coefficient (Wildman–Crippen LogP) is 4.25. The van der Waals surface area contributed by atoms with Crippen LogP contribution in [0.25, 0.3) is 11.2 Å². The number of imidazole rings is 1. The van der Waals surface area contributed by atoms with Crippen molar-refractivity contribution < 1.29 is 10.9 Å². The maximum atomic E-state index is 13.8. The molecule has 0 aliphatic heterocycles. The first kappa shape index (κ1) is 21.3. The van der Waals surface area contributed by atoms with Crippen LogP contribution in [0.1, 0.15) is 45.1 Å². The van der Waals surface area contributed by atoms with E-state index in [-0.39, 0.29) is 13.2 Å². The molecule has 174 valence electrons. The standard InChI is InChI=1S/C25H29N5O3.H2/c1-32-19-9-6-10-20(22(33-2)14-13-19)30-23-21(15-26-24(28-23)27-18-11-12-18)29(25(30)31)16-17-7-4-3-5-8-17;/h3-5,7-9,14-15,18,20H,6,10-13,16H2,1-2H3,(H,26,27,28);1H/b19-9+,22-14+;. The number of anilines is 1. The Morgan fingerprint density at radius 3 is 2.67 bits per heavy atom. The van der Waals surface area contributed by atoms with E-state index in [9.17, 15) is 4.79 Å². The molecule has 2 aromatic heterocycles. The Morgan fingerprint density at radius 1 is 1.12 bits per heavy atom. The normalized spacial score (nSPS) is 21.9. The van der Waals surface area contributed by atoms with E-state index < -0.39 is 0 Å². The Morgan fingerprint density at radius 2 is 1.94 bits per heavy atom. The van der Waals surface area contributed by atoms with Gasteiger partial charge in [-0.1, -0.05) is 30.3 Å². The minimum absolute atomic E-state index is 0. The van der Waals surface area contributed by atoms with Crippen LogP contribution in [0.2, 0.25) is 0 Å². The van der Waals surface area contributed by atoms with Gasteiger partial charge in [-0.3, -0.25) is 9.13 Å². The maximum absolute atomic E-state index is 13.8. The van der Waals surface area contributed by atoms with Crippen LogP contribution in [-0.4, -0.2) is 39.4 Å². The topological polar surface area (TPSA) is 83.2 Å². The molecule has 2 heterocycles. The number of methoxy groups -OCH3 is 2. The summed E-state index contributed by atoms with van der Waals surface area (Å²) in [4.78, 5) is 23.2. The average molecular weight is 450 g/mol. The van der Waals surface area contributed by atoms with Crippen LogP contribution in [0.3, 0.4) is 0 Å². The molecule has 0 amide bonds. The molecule has 1 atom stereocenters. The number of hydrogen-bond acceptors (Lipinski definition) is 6. The van der Waals surface area contributed by atoms with Gasteiger partial charge in [-0.25, -0.2) is 9.78 Å². The zero-order valence-corrected chi connectivity index (χ0v) is 19.0. The van der Waals surface area contributed by atoms with Crippen molar-refractivity contribution in [3.8, 4) is 0 Å². The Balaban J connectivity index is 0.00000274. The molecule has 1 fully saturated rings. The second-order valence-electron chi connectivity index (χ2n) is 8.53. The van der Waals surface area contributed by atoms with Crippen molar-refractivity contribution in [3.05, 3.63) is 76.2 Å². The van der Waals surface area contributed by atoms with Gasteiger partial charge >= 0.3 is 5.69 Å². The lowest BCUT2D eigenvalue weighted by Crippen LogP contribution is -2.29. The fourth-order valence-electron chi connectivity index (χ4n) is 4.34. The molecule has 0 bridgehead atoms. The summed E-state index contributed by atoms with van der Waals surface area (Å²) in [7, 11) is 3.33. The lowest BCUT2D eigenvalue weighted by molar-refractivity contribution is 0.227. The summed E-state index contributed by atoms with van der Waals surface area (Å²) in [5.74, 6) is 2.21. The predicted molar refractivity (Wildman–Crippen MR) is 129 cm³/mol. The molecular formula is C25H31N5O3. The van der Waals surface area contributed by atoms with Crippen molar-refractivity contribution in [1.29, 1.82) is 0 Å². The second-order valence-corrected chi connectivity index (χ2v) is 8.53. The summed E-state index contributed by atoms with van der Waals surface area (Å²) in [6.45, 7) is 0.453. The van der Waals surface area contributed by atoms with E-state index in [0.717, 1.165) is 41.9 Å². The van der Waals surface area contributed by atoms with Crippen molar-refractivity contribution in [3.63, 3.8) is 0 Å². The lowest BCUT2D eigenvalue weighted by Gasteiger charge is -2.22. The molecule has 0 spiro atoms. The first-order chi connectivity index (χ1) is 16.2. The third kappa shape index (κ3) is 4.37. The molecule has 2 aliphatic rings. The average Bonchev–Trinajstić information content (AvgIpc) is 3.60. The number of nitrogens with one attached hydrogen (secondary N) is 1. The van der Waals surface area contributed by atoms with Crippen molar-refractivity contribution in [2.45, 2.75) is 50.7 Å². The zero-order valence-electron chi connectivity index (χ0n) is 19.0. The molecule has 1 saturated carbocycles. The Bertz CT molecular complexity index is 1260. The largest absolute Gasteiger partial charge is 0.501 e. The highest BCUT2D eigenvalue weighted by Gasteiger charge is 2.28. The summed E-state index contributed by atoms with van der Waals surface area (Å²) in [5, 5.41) is 3.36. The van der Waals surface area contributed by atoms with Gasteiger partial charge in [0.25, 0.3) is 0 Å². The highest BCUT2D eigenvalue weighted by molar-refractivity contribution is 5.72. The molecule has 0 saturated heterocycles. The minimum Gasteiger partial charge on any atom is -0.501 e. The first-order valence-corrected chi connectivity index (χ1v) is 11.4. The fourth-order valence-corrected chi connectivity index (χ4v) is 4.34. The third-order valence-electron chi connectivity index (χ3n) is 6.25. The van der Waals surface area contributed by atoms with Crippen LogP contribution in [-0.2, 0) is 16.0 Å². The number of nitrogens with zero attached hydrogens (tertiary/aromatic N) is 4. The molecule has 5 rings (SSSR count). The number of hydrogen-bond donors (Lipinski definition) is 1. The van der Waals surface area contributed by atoms with Crippen LogP contribution in [0.4, 0.5) is 5.95 Å². The lowest BCUT2D eigenvalue weighted by atomic mass is 10.0. The number of aromatic nitrogens is 4. The number of rotatable bonds is 7. The van der Waals surface area contributed by atoms with Gasteiger partial charge in [0, 0.05) is 13.9 Å². The second kappa shape index (κ2) is 9.13. The van der Waals surface area contributed by atoms with E-state index in [1.165, 1.54) is 0 Å². The van der Waals surface area contributed by atoms with Crippen molar-refractivity contribution in [1.82, 2.24) is 19.1 Å². The molecule has 1 unspecified atom stereocenters. The van der Waals surface area contributed by atoms with Crippen molar-refractivity contribution in [2.24, 2.45) is 0 Å². The van der Waals surface area contributed by atoms with Crippen LogP contribution in [0, 0.1) is 0 Å². The quantitative estimate of drug-likeness (QED) is 0.581. The smallest absolute Gasteiger partial charge is 0.331 e. The molecule has 33 heavy (non-hydrogen) atoms. The van der Waals surface area contributed by atoms with Gasteiger partial charge in [0.15, 0.2) is 5.65 Å². The van der Waals surface area contributed by atoms with Gasteiger partial charge in [0.05, 0.1) is 38.8 Å². The summed E-state index contributed by atoms with van der Waals surface area (Å²) in [5.41, 5.74) is 2.28. The summed E-state index contributed by atoms with van der Waals surface area (Å²) in [6.07, 6.45) is 10.2. The van der Waals surface area contributed by atoms with Gasteiger partial charge in [-0.05, 0) is 43.4 Å². The Labute approximate surface area is 194 Å². The zero-order chi connectivity index (χ0) is 22.8. The van der Waals surface area contributed by atoms with E-state index in [1.54, 1.807) is 29.6 Å². The Kier molecular flexibility index (Phi) is 5.90. The third-order valence-corrected chi connectivity index (χ3v) is 6.25. The van der Waals surface area contributed by atoms with Gasteiger partial charge in [-0.15, -0.1) is 0 Å². The highest BCUT2D eigenvalue weighted by atomic mass is 16.5. The van der Waals surface area contributed by atoms with E-state index in [4.69, 9.17) is 14.5 Å². The molecule has 8 nitrogen and oxygen atoms in total. The van der Waals surface area contributed by atoms with Gasteiger partial charge in [-0.2, -0.15) is 4.98 Å². The number of allylic oxidation sites excluding steroid dienone is 3. The van der Waals surface area contributed by atoms with Crippen LogP contribution >= 0.6 is 0 Å². The molecule has 3 aromatic rings. The number of benzene rings is 1. The highest BCUT2D eigenvalue weighted by Crippen LogP contribution is 2.31. The molecule has 1 aromatic carbocycles. The molecule has 0 radical (unpaired) electrons. The first-order valence-electron chi connectivity index (χ1n) is 11.4. The summed E-state index contributed by atoms with van der Waals surface area (Å²) < 4.78 is 14.8. The summed E-state index contributed by atoms with van der Waals surface area (Å²) in [6, 6.07) is 10.1. The molecule has 1 N–H and O–H groups in total. The van der Waals surface area contributed by atoms with E-state index in [1.807, 2.05) is 36.4 Å². The van der Waals surface area contributed by atoms with E-state index in [0.29, 0.717) is 37.0 Å². The van der Waals surface area contributed by atoms with Crippen molar-refractivity contribution >= 4 is 17.1 Å². The number of fused-ring (bicyclic) bond motifs is 1. The van der Waals surface area contributed by atoms with E-state index >= 15 is 0 Å². The van der Waals surface area contributed by atoms with Crippen molar-refractivity contribution in [2.75, 3.05) is 19.5 Å².